The molecule has 2 N–H and O–H groups in total. The minimum absolute atomic E-state index is 0.599. The fourth-order valence-corrected chi connectivity index (χ4v) is 2.65. The first-order valence-corrected chi connectivity index (χ1v) is 9.01. The lowest BCUT2D eigenvalue weighted by molar-refractivity contribution is 0.396. The van der Waals surface area contributed by atoms with Crippen LogP contribution in [0.15, 0.2) is 53.5 Å². The number of guanidine groups is 1. The Kier molecular flexibility index (Phi) is 8.26. The lowest BCUT2D eigenvalue weighted by Crippen LogP contribution is -2.38. The second-order valence-corrected chi connectivity index (χ2v) is 5.79. The molecule has 0 aliphatic rings. The minimum Gasteiger partial charge on any atom is -0.481 e. The van der Waals surface area contributed by atoms with Gasteiger partial charge >= 0.3 is 0 Å². The van der Waals surface area contributed by atoms with E-state index in [9.17, 15) is 0 Å². The van der Waals surface area contributed by atoms with Crippen LogP contribution in [0.2, 0.25) is 0 Å². The van der Waals surface area contributed by atoms with Gasteiger partial charge in [0, 0.05) is 38.4 Å². The van der Waals surface area contributed by atoms with E-state index in [4.69, 9.17) is 4.74 Å². The zero-order valence-electron chi connectivity index (χ0n) is 15.9. The van der Waals surface area contributed by atoms with Crippen LogP contribution in [0.3, 0.4) is 0 Å². The largest absolute Gasteiger partial charge is 0.481 e. The number of aliphatic imine (C=N–C) groups is 1. The Labute approximate surface area is 156 Å². The van der Waals surface area contributed by atoms with Gasteiger partial charge < -0.3 is 20.3 Å². The van der Waals surface area contributed by atoms with Crippen LogP contribution in [0.1, 0.15) is 19.0 Å². The maximum Gasteiger partial charge on any atom is 0.213 e. The molecule has 0 spiro atoms. The molecule has 1 aromatic carbocycles. The van der Waals surface area contributed by atoms with Crippen LogP contribution in [0.4, 0.5) is 5.69 Å². The summed E-state index contributed by atoms with van der Waals surface area (Å²) < 4.78 is 5.15. The summed E-state index contributed by atoms with van der Waals surface area (Å²) >= 11 is 0. The molecule has 0 aliphatic heterocycles. The van der Waals surface area contributed by atoms with Crippen molar-refractivity contribution in [3.8, 4) is 5.88 Å². The third-order valence-corrected chi connectivity index (χ3v) is 4.05. The first kappa shape index (κ1) is 19.6. The van der Waals surface area contributed by atoms with Gasteiger partial charge in [-0.2, -0.15) is 0 Å². The van der Waals surface area contributed by atoms with Crippen molar-refractivity contribution in [1.29, 1.82) is 0 Å². The van der Waals surface area contributed by atoms with Gasteiger partial charge in [0.15, 0.2) is 5.96 Å². The lowest BCUT2D eigenvalue weighted by atomic mass is 10.2. The molecule has 140 valence electrons. The number of para-hydroxylation sites is 1. The van der Waals surface area contributed by atoms with Crippen molar-refractivity contribution < 1.29 is 4.74 Å². The van der Waals surface area contributed by atoms with E-state index < -0.39 is 0 Å². The molecule has 0 atom stereocenters. The summed E-state index contributed by atoms with van der Waals surface area (Å²) in [5.74, 6) is 1.39. The van der Waals surface area contributed by atoms with Crippen molar-refractivity contribution in [2.24, 2.45) is 4.99 Å². The van der Waals surface area contributed by atoms with Crippen molar-refractivity contribution >= 4 is 11.6 Å². The summed E-state index contributed by atoms with van der Waals surface area (Å²) in [7, 11) is 3.39. The normalized spacial score (nSPS) is 11.1. The average molecular weight is 355 g/mol. The van der Waals surface area contributed by atoms with Gasteiger partial charge in [-0.15, -0.1) is 0 Å². The molecule has 6 heteroatoms. The molecule has 2 rings (SSSR count). The molecule has 0 fully saturated rings. The first-order chi connectivity index (χ1) is 12.8. The van der Waals surface area contributed by atoms with E-state index in [1.54, 1.807) is 14.2 Å². The van der Waals surface area contributed by atoms with Crippen molar-refractivity contribution in [2.45, 2.75) is 19.9 Å². The molecule has 2 aromatic rings. The van der Waals surface area contributed by atoms with Crippen LogP contribution in [-0.4, -0.2) is 44.7 Å². The molecule has 0 unspecified atom stereocenters. The Morgan fingerprint density at radius 3 is 2.62 bits per heavy atom. The van der Waals surface area contributed by atoms with Crippen molar-refractivity contribution in [1.82, 2.24) is 15.6 Å². The molecule has 1 heterocycles. The predicted octanol–water partition coefficient (Wildman–Crippen LogP) is 2.67. The van der Waals surface area contributed by atoms with Crippen LogP contribution in [0.25, 0.3) is 0 Å². The third kappa shape index (κ3) is 6.27. The summed E-state index contributed by atoms with van der Waals surface area (Å²) in [6.07, 6.45) is 1.03. The van der Waals surface area contributed by atoms with Gasteiger partial charge in [0.1, 0.15) is 0 Å². The van der Waals surface area contributed by atoms with E-state index >= 15 is 0 Å². The van der Waals surface area contributed by atoms with Gasteiger partial charge in [-0.1, -0.05) is 24.3 Å². The monoisotopic (exact) mass is 355 g/mol. The summed E-state index contributed by atoms with van der Waals surface area (Å²) in [4.78, 5) is 11.0. The zero-order chi connectivity index (χ0) is 18.6. The smallest absolute Gasteiger partial charge is 0.213 e. The van der Waals surface area contributed by atoms with Gasteiger partial charge in [-0.3, -0.25) is 4.99 Å². The number of nitrogens with zero attached hydrogens (tertiary/aromatic N) is 3. The van der Waals surface area contributed by atoms with E-state index in [1.165, 1.54) is 5.69 Å². The highest BCUT2D eigenvalue weighted by Crippen LogP contribution is 2.12. The van der Waals surface area contributed by atoms with Gasteiger partial charge in [-0.05, 0) is 31.5 Å². The lowest BCUT2D eigenvalue weighted by Gasteiger charge is -2.23. The van der Waals surface area contributed by atoms with Crippen molar-refractivity contribution in [3.05, 3.63) is 54.2 Å². The Balaban J connectivity index is 1.73. The molecule has 0 radical (unpaired) electrons. The number of hydrogen-bond donors (Lipinski definition) is 2. The SMILES string of the molecule is CCN(CCCNC(=NC)NCc1cccc(OC)n1)c1ccccc1. The molecule has 1 aromatic heterocycles. The van der Waals surface area contributed by atoms with E-state index in [1.807, 2.05) is 24.3 Å². The number of pyridine rings is 1. The number of anilines is 1. The standard InChI is InChI=1S/C20H29N5O/c1-4-25(18-11-6-5-7-12-18)15-9-14-22-20(21-2)23-16-17-10-8-13-19(24-17)26-3/h5-8,10-13H,4,9,14-16H2,1-3H3,(H2,21,22,23). The van der Waals surface area contributed by atoms with E-state index in [0.29, 0.717) is 12.4 Å². The number of methoxy groups -OCH3 is 1. The molecule has 26 heavy (non-hydrogen) atoms. The Hall–Kier alpha value is -2.76. The number of ether oxygens (including phenoxy) is 1. The van der Waals surface area contributed by atoms with Gasteiger partial charge in [0.25, 0.3) is 0 Å². The maximum atomic E-state index is 5.15. The summed E-state index contributed by atoms with van der Waals surface area (Å²) in [6.45, 7) is 5.64. The zero-order valence-corrected chi connectivity index (χ0v) is 15.9. The number of rotatable bonds is 9. The minimum atomic E-state index is 0.599. The van der Waals surface area contributed by atoms with Gasteiger partial charge in [-0.25, -0.2) is 4.98 Å². The van der Waals surface area contributed by atoms with Crippen LogP contribution in [0.5, 0.6) is 5.88 Å². The molecular weight excluding hydrogens is 326 g/mol. The van der Waals surface area contributed by atoms with Crippen molar-refractivity contribution in [2.75, 3.05) is 38.7 Å². The second-order valence-electron chi connectivity index (χ2n) is 5.79. The molecule has 0 saturated heterocycles. The fourth-order valence-electron chi connectivity index (χ4n) is 2.65. The number of hydrogen-bond acceptors (Lipinski definition) is 4. The second kappa shape index (κ2) is 11.0. The van der Waals surface area contributed by atoms with Crippen LogP contribution < -0.4 is 20.3 Å². The third-order valence-electron chi connectivity index (χ3n) is 4.05. The van der Waals surface area contributed by atoms with E-state index in [0.717, 1.165) is 37.7 Å². The molecule has 0 saturated carbocycles. The molecule has 6 nitrogen and oxygen atoms in total. The van der Waals surface area contributed by atoms with Crippen LogP contribution in [-0.2, 0) is 6.54 Å². The van der Waals surface area contributed by atoms with Gasteiger partial charge in [0.05, 0.1) is 19.3 Å². The van der Waals surface area contributed by atoms with Crippen molar-refractivity contribution in [3.63, 3.8) is 0 Å². The van der Waals surface area contributed by atoms with Crippen LogP contribution >= 0.6 is 0 Å². The summed E-state index contributed by atoms with van der Waals surface area (Å²) in [6, 6.07) is 16.2. The Bertz CT molecular complexity index is 675. The molecule has 0 amide bonds. The highest BCUT2D eigenvalue weighted by molar-refractivity contribution is 5.79. The number of benzene rings is 1. The molecular formula is C20H29N5O. The maximum absolute atomic E-state index is 5.15. The quantitative estimate of drug-likeness (QED) is 0.411. The Morgan fingerprint density at radius 1 is 1.12 bits per heavy atom. The summed E-state index contributed by atoms with van der Waals surface area (Å²) in [5.41, 5.74) is 2.18. The van der Waals surface area contributed by atoms with E-state index in [2.05, 4.69) is 56.7 Å². The summed E-state index contributed by atoms with van der Waals surface area (Å²) in [5, 5.41) is 6.63. The average Bonchev–Trinajstić information content (AvgIpc) is 2.71. The Morgan fingerprint density at radius 2 is 1.92 bits per heavy atom. The molecule has 0 bridgehead atoms. The predicted molar refractivity (Wildman–Crippen MR) is 108 cm³/mol. The fraction of sp³-hybridized carbons (Fsp3) is 0.400. The number of nitrogens with one attached hydrogen (secondary N) is 2. The van der Waals surface area contributed by atoms with Crippen LogP contribution in [0, 0.1) is 0 Å². The topological polar surface area (TPSA) is 61.8 Å². The first-order valence-electron chi connectivity index (χ1n) is 9.01. The van der Waals surface area contributed by atoms with Gasteiger partial charge in [0.2, 0.25) is 5.88 Å². The number of aromatic nitrogens is 1. The molecule has 0 aliphatic carbocycles. The van der Waals surface area contributed by atoms with E-state index in [-0.39, 0.29) is 0 Å². The highest BCUT2D eigenvalue weighted by atomic mass is 16.5. The highest BCUT2D eigenvalue weighted by Gasteiger charge is 2.04.